The van der Waals surface area contributed by atoms with E-state index >= 15 is 0 Å². The van der Waals surface area contributed by atoms with Gasteiger partial charge in [0.15, 0.2) is 6.61 Å². The van der Waals surface area contributed by atoms with Crippen molar-refractivity contribution in [3.05, 3.63) is 29.3 Å². The van der Waals surface area contributed by atoms with Crippen molar-refractivity contribution in [3.8, 4) is 5.75 Å². The number of benzene rings is 1. The molecule has 3 N–H and O–H groups in total. The van der Waals surface area contributed by atoms with Crippen LogP contribution in [0.3, 0.4) is 0 Å². The average molecular weight is 295 g/mol. The van der Waals surface area contributed by atoms with Gasteiger partial charge in [0.25, 0.3) is 5.91 Å². The Morgan fingerprint density at radius 1 is 1.24 bits per heavy atom. The number of rotatable bonds is 7. The molecule has 0 saturated carbocycles. The van der Waals surface area contributed by atoms with E-state index in [1.54, 1.807) is 6.07 Å². The average Bonchev–Trinajstić information content (AvgIpc) is 2.36. The zero-order valence-corrected chi connectivity index (χ0v) is 11.8. The zero-order valence-electron chi connectivity index (χ0n) is 11.8. The number of carboxylic acids is 2. The van der Waals surface area contributed by atoms with E-state index in [0.29, 0.717) is 5.75 Å². The Morgan fingerprint density at radius 3 is 2.43 bits per heavy atom. The maximum atomic E-state index is 11.6. The van der Waals surface area contributed by atoms with Gasteiger partial charge in [0, 0.05) is 0 Å². The van der Waals surface area contributed by atoms with Crippen LogP contribution < -0.4 is 10.1 Å². The fourth-order valence-corrected chi connectivity index (χ4v) is 1.72. The maximum absolute atomic E-state index is 11.6. The minimum atomic E-state index is -1.47. The van der Waals surface area contributed by atoms with E-state index in [9.17, 15) is 14.4 Å². The number of ether oxygens (including phenoxy) is 1. The van der Waals surface area contributed by atoms with Crippen molar-refractivity contribution in [2.24, 2.45) is 0 Å². The van der Waals surface area contributed by atoms with Crippen LogP contribution in [0.25, 0.3) is 0 Å². The van der Waals surface area contributed by atoms with Gasteiger partial charge in [0.05, 0.1) is 6.42 Å². The minimum absolute atomic E-state index is 0.382. The lowest BCUT2D eigenvalue weighted by atomic mass is 10.1. The Hall–Kier alpha value is -2.57. The van der Waals surface area contributed by atoms with Crippen molar-refractivity contribution in [2.75, 3.05) is 6.61 Å². The third-order valence-corrected chi connectivity index (χ3v) is 2.70. The number of carbonyl (C=O) groups excluding carboxylic acids is 1. The third-order valence-electron chi connectivity index (χ3n) is 2.70. The number of nitrogens with one attached hydrogen (secondary N) is 1. The molecule has 0 spiro atoms. The van der Waals surface area contributed by atoms with Crippen LogP contribution >= 0.6 is 0 Å². The van der Waals surface area contributed by atoms with Gasteiger partial charge in [-0.3, -0.25) is 9.59 Å². The number of aryl methyl sites for hydroxylation is 2. The highest BCUT2D eigenvalue weighted by molar-refractivity contribution is 5.87. The second-order valence-corrected chi connectivity index (χ2v) is 4.61. The van der Waals surface area contributed by atoms with E-state index < -0.39 is 30.3 Å². The normalized spacial score (nSPS) is 11.5. The molecule has 7 heteroatoms. The van der Waals surface area contributed by atoms with Crippen LogP contribution in [0.2, 0.25) is 0 Å². The smallest absolute Gasteiger partial charge is 0.326 e. The summed E-state index contributed by atoms with van der Waals surface area (Å²) in [6.45, 7) is 3.37. The van der Waals surface area contributed by atoms with Crippen molar-refractivity contribution in [1.29, 1.82) is 0 Å². The predicted octanol–water partition coefficient (Wildman–Crippen LogP) is 0.726. The van der Waals surface area contributed by atoms with Gasteiger partial charge < -0.3 is 20.3 Å². The molecule has 7 nitrogen and oxygen atoms in total. The first-order valence-electron chi connectivity index (χ1n) is 6.23. The van der Waals surface area contributed by atoms with Gasteiger partial charge in [0.1, 0.15) is 11.8 Å². The molecule has 21 heavy (non-hydrogen) atoms. The molecular formula is C14H17NO6. The molecule has 0 bridgehead atoms. The number of carbonyl (C=O) groups is 3. The molecule has 0 radical (unpaired) electrons. The molecule has 0 heterocycles. The molecule has 0 aliphatic carbocycles. The van der Waals surface area contributed by atoms with Crippen LogP contribution in [0, 0.1) is 13.8 Å². The lowest BCUT2D eigenvalue weighted by molar-refractivity contribution is -0.147. The first-order valence-corrected chi connectivity index (χ1v) is 6.23. The number of aliphatic carboxylic acids is 2. The van der Waals surface area contributed by atoms with Crippen molar-refractivity contribution < 1.29 is 29.3 Å². The van der Waals surface area contributed by atoms with Crippen molar-refractivity contribution >= 4 is 17.8 Å². The van der Waals surface area contributed by atoms with Crippen molar-refractivity contribution in [2.45, 2.75) is 26.3 Å². The van der Waals surface area contributed by atoms with Gasteiger partial charge in [-0.15, -0.1) is 0 Å². The molecule has 1 amide bonds. The molecule has 1 rings (SSSR count). The SMILES string of the molecule is Cc1ccc(OCC(=O)NC(CC(=O)O)C(=O)O)c(C)c1. The maximum Gasteiger partial charge on any atom is 0.326 e. The first-order chi connectivity index (χ1) is 9.79. The summed E-state index contributed by atoms with van der Waals surface area (Å²) >= 11 is 0. The molecule has 0 aliphatic rings. The number of hydrogen-bond donors (Lipinski definition) is 3. The summed E-state index contributed by atoms with van der Waals surface area (Å²) in [7, 11) is 0. The fraction of sp³-hybridized carbons (Fsp3) is 0.357. The van der Waals surface area contributed by atoms with E-state index in [1.165, 1.54) is 0 Å². The van der Waals surface area contributed by atoms with Crippen LogP contribution in [0.4, 0.5) is 0 Å². The zero-order chi connectivity index (χ0) is 16.0. The quantitative estimate of drug-likeness (QED) is 0.683. The second-order valence-electron chi connectivity index (χ2n) is 4.61. The number of hydrogen-bond acceptors (Lipinski definition) is 4. The van der Waals surface area contributed by atoms with Crippen LogP contribution in [-0.4, -0.2) is 40.7 Å². The van der Waals surface area contributed by atoms with Gasteiger partial charge in [-0.05, 0) is 25.5 Å². The van der Waals surface area contributed by atoms with Crippen molar-refractivity contribution in [3.63, 3.8) is 0 Å². The number of amides is 1. The lowest BCUT2D eigenvalue weighted by Crippen LogP contribution is -2.44. The molecule has 0 aromatic heterocycles. The van der Waals surface area contributed by atoms with E-state index in [0.717, 1.165) is 11.1 Å². The summed E-state index contributed by atoms with van der Waals surface area (Å²) in [5.41, 5.74) is 1.90. The Labute approximate surface area is 121 Å². The summed E-state index contributed by atoms with van der Waals surface area (Å²) in [4.78, 5) is 32.9. The van der Waals surface area contributed by atoms with Crippen LogP contribution in [0.5, 0.6) is 5.75 Å². The molecule has 114 valence electrons. The molecule has 0 fully saturated rings. The minimum Gasteiger partial charge on any atom is -0.484 e. The molecular weight excluding hydrogens is 278 g/mol. The highest BCUT2D eigenvalue weighted by Gasteiger charge is 2.23. The standard InChI is InChI=1S/C14H17NO6/c1-8-3-4-11(9(2)5-8)21-7-12(16)15-10(14(19)20)6-13(17)18/h3-5,10H,6-7H2,1-2H3,(H,15,16)(H,17,18)(H,19,20). The van der Waals surface area contributed by atoms with E-state index in [-0.39, 0.29) is 6.61 Å². The summed E-state index contributed by atoms with van der Waals surface area (Å²) in [6.07, 6.45) is -0.690. The summed E-state index contributed by atoms with van der Waals surface area (Å²) < 4.78 is 5.29. The predicted molar refractivity (Wildman–Crippen MR) is 73.2 cm³/mol. The van der Waals surface area contributed by atoms with Crippen molar-refractivity contribution in [1.82, 2.24) is 5.32 Å². The highest BCUT2D eigenvalue weighted by atomic mass is 16.5. The summed E-state index contributed by atoms with van der Waals surface area (Å²) in [6, 6.07) is 3.95. The van der Waals surface area contributed by atoms with Gasteiger partial charge in [0.2, 0.25) is 0 Å². The Morgan fingerprint density at radius 2 is 1.90 bits per heavy atom. The first kappa shape index (κ1) is 16.5. The monoisotopic (exact) mass is 295 g/mol. The van der Waals surface area contributed by atoms with Gasteiger partial charge in [-0.25, -0.2) is 4.79 Å². The van der Waals surface area contributed by atoms with Crippen LogP contribution in [-0.2, 0) is 14.4 Å². The fourth-order valence-electron chi connectivity index (χ4n) is 1.72. The van der Waals surface area contributed by atoms with Crippen LogP contribution in [0.15, 0.2) is 18.2 Å². The van der Waals surface area contributed by atoms with Gasteiger partial charge >= 0.3 is 11.9 Å². The van der Waals surface area contributed by atoms with E-state index in [4.69, 9.17) is 14.9 Å². The molecule has 0 saturated heterocycles. The molecule has 0 aliphatic heterocycles. The highest BCUT2D eigenvalue weighted by Crippen LogP contribution is 2.18. The lowest BCUT2D eigenvalue weighted by Gasteiger charge is -2.13. The Balaban J connectivity index is 2.56. The summed E-state index contributed by atoms with van der Waals surface area (Å²) in [5, 5.41) is 19.5. The Kier molecular flexibility index (Phi) is 5.71. The van der Waals surface area contributed by atoms with E-state index in [2.05, 4.69) is 5.32 Å². The molecule has 1 unspecified atom stereocenters. The van der Waals surface area contributed by atoms with Gasteiger partial charge in [-0.1, -0.05) is 17.7 Å². The Bertz CT molecular complexity index is 554. The molecule has 1 aromatic carbocycles. The van der Waals surface area contributed by atoms with E-state index in [1.807, 2.05) is 26.0 Å². The number of carboxylic acid groups (broad SMARTS) is 2. The largest absolute Gasteiger partial charge is 0.484 e. The van der Waals surface area contributed by atoms with Gasteiger partial charge in [-0.2, -0.15) is 0 Å². The second kappa shape index (κ2) is 7.28. The molecule has 1 aromatic rings. The summed E-state index contributed by atoms with van der Waals surface area (Å²) in [5.74, 6) is -2.89. The molecule has 1 atom stereocenters. The topological polar surface area (TPSA) is 113 Å². The van der Waals surface area contributed by atoms with Crippen LogP contribution in [0.1, 0.15) is 17.5 Å². The third kappa shape index (κ3) is 5.52.